The van der Waals surface area contributed by atoms with Crippen molar-refractivity contribution in [1.29, 1.82) is 0 Å². The van der Waals surface area contributed by atoms with Crippen LogP contribution in [-0.2, 0) is 6.42 Å². The predicted molar refractivity (Wildman–Crippen MR) is 60.4 cm³/mol. The second kappa shape index (κ2) is 4.32. The number of carboxylic acid groups (broad SMARTS) is 1. The first-order valence-electron chi connectivity index (χ1n) is 5.12. The second-order valence-corrected chi connectivity index (χ2v) is 3.63. The van der Waals surface area contributed by atoms with Gasteiger partial charge in [0.2, 0.25) is 0 Å². The van der Waals surface area contributed by atoms with Crippen molar-refractivity contribution in [2.45, 2.75) is 12.8 Å². The summed E-state index contributed by atoms with van der Waals surface area (Å²) in [7, 11) is 0. The van der Waals surface area contributed by atoms with Crippen LogP contribution in [0.1, 0.15) is 22.5 Å². The van der Waals surface area contributed by atoms with Crippen LogP contribution in [0.15, 0.2) is 18.2 Å². The van der Waals surface area contributed by atoms with E-state index in [1.165, 1.54) is 0 Å². The highest BCUT2D eigenvalue weighted by Crippen LogP contribution is 2.18. The summed E-state index contributed by atoms with van der Waals surface area (Å²) in [6.07, 6.45) is 1.64. The lowest BCUT2D eigenvalue weighted by Crippen LogP contribution is -2.01. The molecule has 0 spiro atoms. The van der Waals surface area contributed by atoms with Crippen molar-refractivity contribution in [3.05, 3.63) is 29.5 Å². The molecule has 16 heavy (non-hydrogen) atoms. The number of nitrogens with two attached hydrogens (primary N) is 1. The number of hydrogen-bond acceptors (Lipinski definition) is 3. The van der Waals surface area contributed by atoms with Crippen LogP contribution in [0.2, 0.25) is 0 Å². The van der Waals surface area contributed by atoms with Gasteiger partial charge in [-0.2, -0.15) is 5.10 Å². The SMILES string of the molecule is NCCCc1[nH]nc2ccc(C(=O)O)cc12. The smallest absolute Gasteiger partial charge is 0.335 e. The number of aryl methyl sites for hydroxylation is 1. The van der Waals surface area contributed by atoms with E-state index in [9.17, 15) is 4.79 Å². The van der Waals surface area contributed by atoms with Crippen LogP contribution in [0.3, 0.4) is 0 Å². The van der Waals surface area contributed by atoms with Crippen molar-refractivity contribution < 1.29 is 9.90 Å². The van der Waals surface area contributed by atoms with Gasteiger partial charge in [0, 0.05) is 11.1 Å². The van der Waals surface area contributed by atoms with Crippen LogP contribution in [0.25, 0.3) is 10.9 Å². The van der Waals surface area contributed by atoms with Crippen molar-refractivity contribution in [3.63, 3.8) is 0 Å². The van der Waals surface area contributed by atoms with Crippen molar-refractivity contribution in [2.24, 2.45) is 5.73 Å². The van der Waals surface area contributed by atoms with Gasteiger partial charge < -0.3 is 10.8 Å². The van der Waals surface area contributed by atoms with Crippen LogP contribution in [0.4, 0.5) is 0 Å². The molecule has 1 heterocycles. The fourth-order valence-corrected chi connectivity index (χ4v) is 1.67. The summed E-state index contributed by atoms with van der Waals surface area (Å²) in [5.74, 6) is -0.923. The molecule has 1 aromatic carbocycles. The highest BCUT2D eigenvalue weighted by atomic mass is 16.4. The quantitative estimate of drug-likeness (QED) is 0.719. The standard InChI is InChI=1S/C11H13N3O2/c12-5-1-2-9-8-6-7(11(15)16)3-4-10(8)14-13-9/h3-4,6H,1-2,5,12H2,(H,13,14)(H,15,16). The van der Waals surface area contributed by atoms with E-state index >= 15 is 0 Å². The molecular formula is C11H13N3O2. The molecule has 2 aromatic rings. The molecule has 2 rings (SSSR count). The number of aromatic carboxylic acids is 1. The summed E-state index contributed by atoms with van der Waals surface area (Å²) in [6.45, 7) is 0.610. The lowest BCUT2D eigenvalue weighted by Gasteiger charge is -1.98. The van der Waals surface area contributed by atoms with E-state index in [2.05, 4.69) is 10.2 Å². The molecule has 0 aliphatic carbocycles. The Bertz CT molecular complexity index is 519. The second-order valence-electron chi connectivity index (χ2n) is 3.63. The number of carboxylic acids is 1. The lowest BCUT2D eigenvalue weighted by atomic mass is 10.1. The minimum atomic E-state index is -0.923. The van der Waals surface area contributed by atoms with Gasteiger partial charge in [-0.15, -0.1) is 0 Å². The Labute approximate surface area is 92.3 Å². The number of nitrogens with zero attached hydrogens (tertiary/aromatic N) is 1. The predicted octanol–water partition coefficient (Wildman–Crippen LogP) is 1.15. The average Bonchev–Trinajstić information content (AvgIpc) is 2.68. The van der Waals surface area contributed by atoms with Gasteiger partial charge in [-0.05, 0) is 37.6 Å². The van der Waals surface area contributed by atoms with Crippen molar-refractivity contribution in [3.8, 4) is 0 Å². The van der Waals surface area contributed by atoms with Gasteiger partial charge in [0.1, 0.15) is 0 Å². The first-order valence-corrected chi connectivity index (χ1v) is 5.12. The number of benzene rings is 1. The fraction of sp³-hybridized carbons (Fsp3) is 0.273. The summed E-state index contributed by atoms with van der Waals surface area (Å²) in [6, 6.07) is 4.91. The molecule has 84 valence electrons. The number of fused-ring (bicyclic) bond motifs is 1. The number of rotatable bonds is 4. The Morgan fingerprint density at radius 2 is 2.31 bits per heavy atom. The van der Waals surface area contributed by atoms with Gasteiger partial charge in [-0.25, -0.2) is 4.79 Å². The number of nitrogens with one attached hydrogen (secondary N) is 1. The molecule has 0 saturated heterocycles. The lowest BCUT2D eigenvalue weighted by molar-refractivity contribution is 0.0697. The van der Waals surface area contributed by atoms with Crippen LogP contribution in [-0.4, -0.2) is 27.8 Å². The van der Waals surface area contributed by atoms with Gasteiger partial charge in [-0.1, -0.05) is 0 Å². The maximum Gasteiger partial charge on any atom is 0.335 e. The van der Waals surface area contributed by atoms with Crippen LogP contribution < -0.4 is 5.73 Å². The largest absolute Gasteiger partial charge is 0.478 e. The van der Waals surface area contributed by atoms with Crippen molar-refractivity contribution >= 4 is 16.9 Å². The number of carbonyl (C=O) groups is 1. The Morgan fingerprint density at radius 3 is 3.00 bits per heavy atom. The van der Waals surface area contributed by atoms with E-state index in [-0.39, 0.29) is 5.56 Å². The van der Waals surface area contributed by atoms with Gasteiger partial charge in [-0.3, -0.25) is 5.10 Å². The average molecular weight is 219 g/mol. The minimum absolute atomic E-state index is 0.280. The molecule has 4 N–H and O–H groups in total. The third-order valence-corrected chi connectivity index (χ3v) is 2.51. The highest BCUT2D eigenvalue weighted by Gasteiger charge is 2.08. The van der Waals surface area contributed by atoms with Crippen molar-refractivity contribution in [1.82, 2.24) is 10.2 Å². The molecule has 0 fully saturated rings. The molecule has 0 bridgehead atoms. The van der Waals surface area contributed by atoms with Crippen molar-refractivity contribution in [2.75, 3.05) is 6.54 Å². The number of hydrogen-bond donors (Lipinski definition) is 3. The summed E-state index contributed by atoms with van der Waals surface area (Å²) in [5, 5.41) is 16.8. The maximum atomic E-state index is 10.8. The summed E-state index contributed by atoms with van der Waals surface area (Å²) in [5.41, 5.74) is 7.46. The summed E-state index contributed by atoms with van der Waals surface area (Å²) in [4.78, 5) is 10.8. The number of aromatic nitrogens is 2. The third-order valence-electron chi connectivity index (χ3n) is 2.51. The van der Waals surface area contributed by atoms with E-state index in [0.717, 1.165) is 29.4 Å². The Kier molecular flexibility index (Phi) is 2.87. The zero-order chi connectivity index (χ0) is 11.5. The molecule has 5 nitrogen and oxygen atoms in total. The molecule has 0 aliphatic rings. The van der Waals surface area contributed by atoms with Gasteiger partial charge >= 0.3 is 5.97 Å². The molecule has 0 radical (unpaired) electrons. The molecule has 0 amide bonds. The molecule has 1 aromatic heterocycles. The van der Waals surface area contributed by atoms with E-state index in [1.54, 1.807) is 18.2 Å². The Balaban J connectivity index is 2.43. The normalized spacial score (nSPS) is 10.8. The van der Waals surface area contributed by atoms with Crippen LogP contribution in [0.5, 0.6) is 0 Å². The zero-order valence-electron chi connectivity index (χ0n) is 8.73. The molecule has 0 unspecified atom stereocenters. The van der Waals surface area contributed by atoms with E-state index in [0.29, 0.717) is 6.54 Å². The topological polar surface area (TPSA) is 92.0 Å². The molecule has 5 heteroatoms. The van der Waals surface area contributed by atoms with Crippen LogP contribution in [0, 0.1) is 0 Å². The van der Waals surface area contributed by atoms with E-state index < -0.39 is 5.97 Å². The Hall–Kier alpha value is -1.88. The molecular weight excluding hydrogens is 206 g/mol. The first kappa shape index (κ1) is 10.6. The molecule has 0 atom stereocenters. The zero-order valence-corrected chi connectivity index (χ0v) is 8.73. The third kappa shape index (κ3) is 1.90. The Morgan fingerprint density at radius 1 is 1.50 bits per heavy atom. The van der Waals surface area contributed by atoms with E-state index in [1.807, 2.05) is 0 Å². The highest BCUT2D eigenvalue weighted by molar-refractivity contribution is 5.94. The minimum Gasteiger partial charge on any atom is -0.478 e. The summed E-state index contributed by atoms with van der Waals surface area (Å²) < 4.78 is 0. The number of aromatic amines is 1. The van der Waals surface area contributed by atoms with Gasteiger partial charge in [0.15, 0.2) is 0 Å². The monoisotopic (exact) mass is 219 g/mol. The van der Waals surface area contributed by atoms with Crippen LogP contribution >= 0.6 is 0 Å². The van der Waals surface area contributed by atoms with Gasteiger partial charge in [0.05, 0.1) is 11.1 Å². The van der Waals surface area contributed by atoms with Gasteiger partial charge in [0.25, 0.3) is 0 Å². The fourth-order valence-electron chi connectivity index (χ4n) is 1.67. The maximum absolute atomic E-state index is 10.8. The molecule has 0 aliphatic heterocycles. The molecule has 0 saturated carbocycles. The van der Waals surface area contributed by atoms with E-state index in [4.69, 9.17) is 10.8 Å². The number of H-pyrrole nitrogens is 1. The first-order chi connectivity index (χ1) is 7.72. The summed E-state index contributed by atoms with van der Waals surface area (Å²) >= 11 is 0.